The molecule has 2 N–H and O–H groups in total. The van der Waals surface area contributed by atoms with E-state index in [9.17, 15) is 4.39 Å². The van der Waals surface area contributed by atoms with E-state index in [2.05, 4.69) is 4.98 Å². The first-order chi connectivity index (χ1) is 6.70. The number of aromatic nitrogens is 1. The van der Waals surface area contributed by atoms with Gasteiger partial charge in [0.15, 0.2) is 0 Å². The highest BCUT2D eigenvalue weighted by molar-refractivity contribution is 5.82. The van der Waals surface area contributed by atoms with Crippen LogP contribution in [-0.4, -0.2) is 4.98 Å². The van der Waals surface area contributed by atoms with Gasteiger partial charge in [-0.05, 0) is 30.7 Å². The van der Waals surface area contributed by atoms with Gasteiger partial charge in [0.05, 0.1) is 5.52 Å². The van der Waals surface area contributed by atoms with Crippen molar-refractivity contribution in [3.63, 3.8) is 0 Å². The zero-order chi connectivity index (χ0) is 10.1. The highest BCUT2D eigenvalue weighted by atomic mass is 19.1. The van der Waals surface area contributed by atoms with Crippen molar-refractivity contribution in [2.24, 2.45) is 5.73 Å². The van der Waals surface area contributed by atoms with Gasteiger partial charge in [-0.2, -0.15) is 0 Å². The molecule has 1 aromatic carbocycles. The Morgan fingerprint density at radius 1 is 1.36 bits per heavy atom. The first-order valence-corrected chi connectivity index (χ1v) is 4.46. The summed E-state index contributed by atoms with van der Waals surface area (Å²) in [7, 11) is 0. The largest absolute Gasteiger partial charge is 0.326 e. The molecule has 0 atom stereocenters. The molecule has 14 heavy (non-hydrogen) atoms. The maximum Gasteiger partial charge on any atom is 0.124 e. The molecule has 0 amide bonds. The minimum atomic E-state index is -0.261. The third-order valence-corrected chi connectivity index (χ3v) is 2.20. The lowest BCUT2D eigenvalue weighted by molar-refractivity contribution is 0.627. The topological polar surface area (TPSA) is 38.9 Å². The SMILES string of the molecule is Cc1ccc2cc(F)cc(CN)c2n1. The van der Waals surface area contributed by atoms with Crippen LogP contribution in [0.4, 0.5) is 4.39 Å². The van der Waals surface area contributed by atoms with Crippen LogP contribution in [0, 0.1) is 12.7 Å². The van der Waals surface area contributed by atoms with Crippen molar-refractivity contribution in [3.05, 3.63) is 41.3 Å². The summed E-state index contributed by atoms with van der Waals surface area (Å²) in [6.45, 7) is 2.22. The molecule has 0 fully saturated rings. The summed E-state index contributed by atoms with van der Waals surface area (Å²) in [5.41, 5.74) is 8.00. The van der Waals surface area contributed by atoms with Gasteiger partial charge in [-0.3, -0.25) is 4.98 Å². The lowest BCUT2D eigenvalue weighted by atomic mass is 10.1. The van der Waals surface area contributed by atoms with Gasteiger partial charge in [0.2, 0.25) is 0 Å². The molecule has 0 saturated carbocycles. The van der Waals surface area contributed by atoms with Gasteiger partial charge >= 0.3 is 0 Å². The van der Waals surface area contributed by atoms with E-state index in [0.717, 1.165) is 22.2 Å². The van der Waals surface area contributed by atoms with E-state index in [1.165, 1.54) is 12.1 Å². The molecule has 0 aliphatic rings. The quantitative estimate of drug-likeness (QED) is 0.748. The zero-order valence-electron chi connectivity index (χ0n) is 7.92. The second kappa shape index (κ2) is 3.35. The van der Waals surface area contributed by atoms with Crippen molar-refractivity contribution in [1.29, 1.82) is 0 Å². The number of halogens is 1. The Labute approximate surface area is 81.6 Å². The number of pyridine rings is 1. The Kier molecular flexibility index (Phi) is 2.17. The van der Waals surface area contributed by atoms with Gasteiger partial charge in [-0.1, -0.05) is 6.07 Å². The summed E-state index contributed by atoms with van der Waals surface area (Å²) >= 11 is 0. The van der Waals surface area contributed by atoms with Crippen LogP contribution in [0.15, 0.2) is 24.3 Å². The molecule has 2 rings (SSSR count). The molecule has 0 aliphatic heterocycles. The number of nitrogens with two attached hydrogens (primary N) is 1. The normalized spacial score (nSPS) is 10.8. The fourth-order valence-electron chi connectivity index (χ4n) is 1.52. The summed E-state index contributed by atoms with van der Waals surface area (Å²) in [6, 6.07) is 6.64. The number of aryl methyl sites for hydroxylation is 1. The zero-order valence-corrected chi connectivity index (χ0v) is 7.92. The van der Waals surface area contributed by atoms with Crippen molar-refractivity contribution < 1.29 is 4.39 Å². The predicted octanol–water partition coefficient (Wildman–Crippen LogP) is 2.14. The standard InChI is InChI=1S/C11H11FN2/c1-7-2-3-8-4-10(12)5-9(6-13)11(8)14-7/h2-5H,6,13H2,1H3. The van der Waals surface area contributed by atoms with Crippen LogP contribution in [0.2, 0.25) is 0 Å². The molecule has 1 aromatic heterocycles. The predicted molar refractivity (Wildman–Crippen MR) is 54.3 cm³/mol. The summed E-state index contributed by atoms with van der Waals surface area (Å²) in [4.78, 5) is 4.34. The molecule has 0 aliphatic carbocycles. The van der Waals surface area contributed by atoms with Gasteiger partial charge < -0.3 is 5.73 Å². The third kappa shape index (κ3) is 1.46. The van der Waals surface area contributed by atoms with Crippen molar-refractivity contribution >= 4 is 10.9 Å². The third-order valence-electron chi connectivity index (χ3n) is 2.20. The Hall–Kier alpha value is -1.48. The van der Waals surface area contributed by atoms with E-state index in [1.54, 1.807) is 0 Å². The number of hydrogen-bond donors (Lipinski definition) is 1. The van der Waals surface area contributed by atoms with Crippen molar-refractivity contribution in [1.82, 2.24) is 4.98 Å². The molecule has 1 heterocycles. The fourth-order valence-corrected chi connectivity index (χ4v) is 1.52. The van der Waals surface area contributed by atoms with E-state index in [0.29, 0.717) is 6.54 Å². The highest BCUT2D eigenvalue weighted by Gasteiger charge is 2.04. The molecule has 72 valence electrons. The van der Waals surface area contributed by atoms with E-state index in [1.807, 2.05) is 19.1 Å². The van der Waals surface area contributed by atoms with E-state index in [4.69, 9.17) is 5.73 Å². The number of benzene rings is 1. The van der Waals surface area contributed by atoms with Gasteiger partial charge in [-0.15, -0.1) is 0 Å². The lowest BCUT2D eigenvalue weighted by Crippen LogP contribution is -2.00. The summed E-state index contributed by atoms with van der Waals surface area (Å²) in [5, 5.41) is 0.802. The van der Waals surface area contributed by atoms with Crippen LogP contribution in [0.5, 0.6) is 0 Å². The second-order valence-electron chi connectivity index (χ2n) is 3.29. The molecule has 0 radical (unpaired) electrons. The van der Waals surface area contributed by atoms with Crippen LogP contribution in [0.1, 0.15) is 11.3 Å². The van der Waals surface area contributed by atoms with E-state index in [-0.39, 0.29) is 5.82 Å². The number of nitrogens with zero attached hydrogens (tertiary/aromatic N) is 1. The van der Waals surface area contributed by atoms with E-state index < -0.39 is 0 Å². The Morgan fingerprint density at radius 3 is 2.86 bits per heavy atom. The molecule has 2 nitrogen and oxygen atoms in total. The molecular formula is C11H11FN2. The molecule has 0 saturated heterocycles. The Bertz CT molecular complexity index is 480. The fraction of sp³-hybridized carbons (Fsp3) is 0.182. The number of hydrogen-bond acceptors (Lipinski definition) is 2. The molecule has 3 heteroatoms. The van der Waals surface area contributed by atoms with Crippen molar-refractivity contribution in [3.8, 4) is 0 Å². The number of fused-ring (bicyclic) bond motifs is 1. The van der Waals surface area contributed by atoms with Crippen LogP contribution < -0.4 is 5.73 Å². The molecule has 0 unspecified atom stereocenters. The average molecular weight is 190 g/mol. The van der Waals surface area contributed by atoms with Crippen molar-refractivity contribution in [2.75, 3.05) is 0 Å². The van der Waals surface area contributed by atoms with Crippen LogP contribution in [0.25, 0.3) is 10.9 Å². The smallest absolute Gasteiger partial charge is 0.124 e. The Morgan fingerprint density at radius 2 is 2.14 bits per heavy atom. The molecular weight excluding hydrogens is 179 g/mol. The van der Waals surface area contributed by atoms with Gasteiger partial charge in [0.1, 0.15) is 5.82 Å². The van der Waals surface area contributed by atoms with Crippen LogP contribution >= 0.6 is 0 Å². The first-order valence-electron chi connectivity index (χ1n) is 4.46. The highest BCUT2D eigenvalue weighted by Crippen LogP contribution is 2.18. The van der Waals surface area contributed by atoms with E-state index >= 15 is 0 Å². The maximum atomic E-state index is 13.1. The lowest BCUT2D eigenvalue weighted by Gasteiger charge is -2.04. The molecule has 0 spiro atoms. The Balaban J connectivity index is 2.81. The second-order valence-corrected chi connectivity index (χ2v) is 3.29. The average Bonchev–Trinajstić information content (AvgIpc) is 2.17. The summed E-state index contributed by atoms with van der Waals surface area (Å²) in [6.07, 6.45) is 0. The van der Waals surface area contributed by atoms with Crippen LogP contribution in [-0.2, 0) is 6.54 Å². The van der Waals surface area contributed by atoms with Gasteiger partial charge in [0, 0.05) is 17.6 Å². The molecule has 0 bridgehead atoms. The van der Waals surface area contributed by atoms with Gasteiger partial charge in [0.25, 0.3) is 0 Å². The van der Waals surface area contributed by atoms with Crippen LogP contribution in [0.3, 0.4) is 0 Å². The first kappa shape index (κ1) is 9.09. The maximum absolute atomic E-state index is 13.1. The monoisotopic (exact) mass is 190 g/mol. The molecule has 2 aromatic rings. The number of rotatable bonds is 1. The van der Waals surface area contributed by atoms with Crippen molar-refractivity contribution in [2.45, 2.75) is 13.5 Å². The minimum absolute atomic E-state index is 0.261. The minimum Gasteiger partial charge on any atom is -0.326 e. The summed E-state index contributed by atoms with van der Waals surface area (Å²) in [5.74, 6) is -0.261. The summed E-state index contributed by atoms with van der Waals surface area (Å²) < 4.78 is 13.1. The van der Waals surface area contributed by atoms with Gasteiger partial charge in [-0.25, -0.2) is 4.39 Å².